The third kappa shape index (κ3) is 5.76. The number of likely N-dealkylation sites (N-methyl/N-ethyl adjacent to an activating group) is 1. The van der Waals surface area contributed by atoms with Crippen molar-refractivity contribution in [2.24, 2.45) is 5.92 Å². The molecule has 1 fully saturated rings. The van der Waals surface area contributed by atoms with E-state index in [1.54, 1.807) is 18.3 Å². The van der Waals surface area contributed by atoms with E-state index in [4.69, 9.17) is 0 Å². The molecule has 25 heavy (non-hydrogen) atoms. The Hall–Kier alpha value is -1.50. The smallest absolute Gasteiger partial charge is 0.239 e. The summed E-state index contributed by atoms with van der Waals surface area (Å²) in [6, 6.07) is 3.08. The standard InChI is InChI=1S/C19H31N3O3/c1-14(2)11-17(18(23)22-9-5-4-6-10-22)21(3)13-16-12-15(19(24)25)7-8-20-16/h7-8,12,14,17,19,24-25H,4-6,9-11,13H2,1-3H3/t17-/m0/s1. The first-order chi connectivity index (χ1) is 11.9. The number of carbonyl (C=O) groups is 1. The number of aromatic nitrogens is 1. The van der Waals surface area contributed by atoms with Gasteiger partial charge in [0.2, 0.25) is 5.91 Å². The van der Waals surface area contributed by atoms with Crippen LogP contribution in [0, 0.1) is 5.92 Å². The van der Waals surface area contributed by atoms with Crippen LogP contribution < -0.4 is 0 Å². The van der Waals surface area contributed by atoms with Crippen molar-refractivity contribution in [1.82, 2.24) is 14.8 Å². The molecule has 0 bridgehead atoms. The molecule has 0 saturated carbocycles. The molecule has 1 aromatic rings. The van der Waals surface area contributed by atoms with Gasteiger partial charge in [0, 0.05) is 31.4 Å². The van der Waals surface area contributed by atoms with E-state index in [0.717, 1.165) is 38.0 Å². The maximum Gasteiger partial charge on any atom is 0.239 e. The van der Waals surface area contributed by atoms with Gasteiger partial charge in [-0.25, -0.2) is 0 Å². The Bertz CT molecular complexity index is 557. The Labute approximate surface area is 150 Å². The monoisotopic (exact) mass is 349 g/mol. The number of pyridine rings is 1. The van der Waals surface area contributed by atoms with Crippen molar-refractivity contribution in [3.63, 3.8) is 0 Å². The lowest BCUT2D eigenvalue weighted by Crippen LogP contribution is -2.49. The molecule has 1 saturated heterocycles. The first-order valence-corrected chi connectivity index (χ1v) is 9.18. The topological polar surface area (TPSA) is 76.9 Å². The van der Waals surface area contributed by atoms with Crippen LogP contribution in [0.2, 0.25) is 0 Å². The van der Waals surface area contributed by atoms with E-state index in [1.165, 1.54) is 6.42 Å². The Morgan fingerprint density at radius 3 is 2.56 bits per heavy atom. The summed E-state index contributed by atoms with van der Waals surface area (Å²) in [6.45, 7) is 6.46. The van der Waals surface area contributed by atoms with Crippen molar-refractivity contribution >= 4 is 5.91 Å². The Balaban J connectivity index is 2.10. The van der Waals surface area contributed by atoms with Crippen LogP contribution in [-0.2, 0) is 11.3 Å². The number of likely N-dealkylation sites (tertiary alicyclic amines) is 1. The van der Waals surface area contributed by atoms with Gasteiger partial charge in [0.1, 0.15) is 0 Å². The summed E-state index contributed by atoms with van der Waals surface area (Å²) in [5, 5.41) is 18.6. The van der Waals surface area contributed by atoms with Crippen LogP contribution in [0.15, 0.2) is 18.3 Å². The Morgan fingerprint density at radius 1 is 1.28 bits per heavy atom. The fourth-order valence-corrected chi connectivity index (χ4v) is 3.35. The largest absolute Gasteiger partial charge is 0.364 e. The number of hydrogen-bond donors (Lipinski definition) is 2. The number of hydrogen-bond acceptors (Lipinski definition) is 5. The predicted octanol–water partition coefficient (Wildman–Crippen LogP) is 1.92. The summed E-state index contributed by atoms with van der Waals surface area (Å²) in [7, 11) is 1.94. The lowest BCUT2D eigenvalue weighted by molar-refractivity contribution is -0.138. The minimum atomic E-state index is -1.51. The SMILES string of the molecule is CC(C)C[C@@H](C(=O)N1CCCCC1)N(C)Cc1cc(C(O)O)ccn1. The summed E-state index contributed by atoms with van der Waals surface area (Å²) in [5.41, 5.74) is 1.15. The van der Waals surface area contributed by atoms with Crippen molar-refractivity contribution in [3.8, 4) is 0 Å². The van der Waals surface area contributed by atoms with Gasteiger partial charge < -0.3 is 15.1 Å². The molecule has 2 heterocycles. The third-order valence-corrected chi connectivity index (χ3v) is 4.73. The molecular formula is C19H31N3O3. The molecule has 6 heteroatoms. The Kier molecular flexibility index (Phi) is 7.35. The average Bonchev–Trinajstić information content (AvgIpc) is 2.59. The van der Waals surface area contributed by atoms with Gasteiger partial charge in [0.15, 0.2) is 6.29 Å². The molecule has 1 atom stereocenters. The fourth-order valence-electron chi connectivity index (χ4n) is 3.35. The fraction of sp³-hybridized carbons (Fsp3) is 0.684. The van der Waals surface area contributed by atoms with Gasteiger partial charge >= 0.3 is 0 Å². The number of carbonyl (C=O) groups excluding carboxylic acids is 1. The lowest BCUT2D eigenvalue weighted by Gasteiger charge is -2.35. The highest BCUT2D eigenvalue weighted by Crippen LogP contribution is 2.19. The highest BCUT2D eigenvalue weighted by atomic mass is 16.5. The van der Waals surface area contributed by atoms with Crippen LogP contribution in [0.1, 0.15) is 57.1 Å². The van der Waals surface area contributed by atoms with Gasteiger partial charge in [-0.1, -0.05) is 13.8 Å². The highest BCUT2D eigenvalue weighted by molar-refractivity contribution is 5.82. The molecule has 0 spiro atoms. The molecule has 140 valence electrons. The van der Waals surface area contributed by atoms with Gasteiger partial charge in [0.25, 0.3) is 0 Å². The molecule has 1 aromatic heterocycles. The van der Waals surface area contributed by atoms with Crippen LogP contribution in [0.3, 0.4) is 0 Å². The molecule has 0 unspecified atom stereocenters. The lowest BCUT2D eigenvalue weighted by atomic mass is 10.00. The van der Waals surface area contributed by atoms with Crippen molar-refractivity contribution in [2.75, 3.05) is 20.1 Å². The number of rotatable bonds is 7. The molecule has 6 nitrogen and oxygen atoms in total. The number of aliphatic hydroxyl groups excluding tert-OH is 1. The molecular weight excluding hydrogens is 318 g/mol. The number of piperidine rings is 1. The summed E-state index contributed by atoms with van der Waals surface area (Å²) in [6.07, 6.45) is 4.24. The molecule has 0 radical (unpaired) electrons. The van der Waals surface area contributed by atoms with Crippen LogP contribution in [0.4, 0.5) is 0 Å². The van der Waals surface area contributed by atoms with Gasteiger partial charge in [-0.2, -0.15) is 0 Å². The van der Waals surface area contributed by atoms with Crippen LogP contribution in [0.25, 0.3) is 0 Å². The highest BCUT2D eigenvalue weighted by Gasteiger charge is 2.29. The van der Waals surface area contributed by atoms with Gasteiger partial charge in [-0.05, 0) is 50.8 Å². The number of aliphatic hydroxyl groups is 2. The summed E-state index contributed by atoms with van der Waals surface area (Å²) in [5.74, 6) is 0.619. The zero-order chi connectivity index (χ0) is 18.4. The molecule has 0 aliphatic carbocycles. The van der Waals surface area contributed by atoms with Gasteiger partial charge in [-0.15, -0.1) is 0 Å². The van der Waals surface area contributed by atoms with Crippen molar-refractivity contribution < 1.29 is 15.0 Å². The quantitative estimate of drug-likeness (QED) is 0.736. The van der Waals surface area contributed by atoms with Crippen molar-refractivity contribution in [1.29, 1.82) is 0 Å². The number of nitrogens with zero attached hydrogens (tertiary/aromatic N) is 3. The first-order valence-electron chi connectivity index (χ1n) is 9.18. The summed E-state index contributed by atoms with van der Waals surface area (Å²) in [4.78, 5) is 21.4. The van der Waals surface area contributed by atoms with Crippen LogP contribution >= 0.6 is 0 Å². The van der Waals surface area contributed by atoms with Crippen molar-refractivity contribution in [2.45, 2.75) is 58.4 Å². The normalized spacial score (nSPS) is 16.7. The first kappa shape index (κ1) is 19.8. The van der Waals surface area contributed by atoms with Crippen LogP contribution in [-0.4, -0.2) is 57.1 Å². The summed E-state index contributed by atoms with van der Waals surface area (Å²) >= 11 is 0. The van der Waals surface area contributed by atoms with E-state index in [2.05, 4.69) is 18.8 Å². The second-order valence-electron chi connectivity index (χ2n) is 7.40. The maximum atomic E-state index is 13.0. The van der Waals surface area contributed by atoms with Crippen molar-refractivity contribution in [3.05, 3.63) is 29.6 Å². The molecule has 0 aromatic carbocycles. The minimum Gasteiger partial charge on any atom is -0.364 e. The molecule has 2 rings (SSSR count). The van der Waals surface area contributed by atoms with E-state index in [9.17, 15) is 15.0 Å². The van der Waals surface area contributed by atoms with Crippen LogP contribution in [0.5, 0.6) is 0 Å². The minimum absolute atomic E-state index is 0.178. The average molecular weight is 349 g/mol. The van der Waals surface area contributed by atoms with E-state index in [-0.39, 0.29) is 11.9 Å². The summed E-state index contributed by atoms with van der Waals surface area (Å²) < 4.78 is 0. The molecule has 2 N–H and O–H groups in total. The zero-order valence-corrected chi connectivity index (χ0v) is 15.6. The number of amides is 1. The molecule has 1 amide bonds. The second-order valence-corrected chi connectivity index (χ2v) is 7.40. The van der Waals surface area contributed by atoms with Gasteiger partial charge in [-0.3, -0.25) is 14.7 Å². The Morgan fingerprint density at radius 2 is 1.96 bits per heavy atom. The van der Waals surface area contributed by atoms with Gasteiger partial charge in [0.05, 0.1) is 11.7 Å². The predicted molar refractivity (Wildman–Crippen MR) is 96.6 cm³/mol. The van der Waals surface area contributed by atoms with E-state index in [0.29, 0.717) is 18.0 Å². The van der Waals surface area contributed by atoms with E-state index >= 15 is 0 Å². The van der Waals surface area contributed by atoms with E-state index < -0.39 is 6.29 Å². The third-order valence-electron chi connectivity index (χ3n) is 4.73. The van der Waals surface area contributed by atoms with E-state index in [1.807, 2.05) is 16.8 Å². The maximum absolute atomic E-state index is 13.0. The zero-order valence-electron chi connectivity index (χ0n) is 15.6. The molecule has 1 aliphatic heterocycles. The molecule has 1 aliphatic rings. The second kappa shape index (κ2) is 9.27.